The SMILES string of the molecule is COc1ccc(CN2C(=O)C(N)c3ccccc32)cc1F. The summed E-state index contributed by atoms with van der Waals surface area (Å²) in [5, 5.41) is 0. The second-order valence-electron chi connectivity index (χ2n) is 4.93. The Labute approximate surface area is 121 Å². The number of benzene rings is 2. The highest BCUT2D eigenvalue weighted by Gasteiger charge is 2.34. The van der Waals surface area contributed by atoms with E-state index in [1.165, 1.54) is 13.2 Å². The van der Waals surface area contributed by atoms with Gasteiger partial charge in [0.05, 0.1) is 13.7 Å². The number of nitrogens with zero attached hydrogens (tertiary/aromatic N) is 1. The molecule has 21 heavy (non-hydrogen) atoms. The van der Waals surface area contributed by atoms with Crippen molar-refractivity contribution in [3.63, 3.8) is 0 Å². The zero-order valence-electron chi connectivity index (χ0n) is 11.5. The highest BCUT2D eigenvalue weighted by Crippen LogP contribution is 2.35. The molecule has 1 aliphatic heterocycles. The van der Waals surface area contributed by atoms with Crippen molar-refractivity contribution in [2.24, 2.45) is 5.73 Å². The number of hydrogen-bond acceptors (Lipinski definition) is 3. The molecule has 2 aromatic rings. The first-order valence-corrected chi connectivity index (χ1v) is 6.60. The van der Waals surface area contributed by atoms with Gasteiger partial charge in [0.15, 0.2) is 11.6 Å². The van der Waals surface area contributed by atoms with Crippen LogP contribution in [-0.4, -0.2) is 13.0 Å². The van der Waals surface area contributed by atoms with E-state index in [-0.39, 0.29) is 18.2 Å². The molecule has 0 saturated heterocycles. The number of rotatable bonds is 3. The molecule has 0 saturated carbocycles. The maximum atomic E-state index is 13.7. The summed E-state index contributed by atoms with van der Waals surface area (Å²) in [7, 11) is 1.41. The summed E-state index contributed by atoms with van der Waals surface area (Å²) in [6.45, 7) is 0.282. The van der Waals surface area contributed by atoms with Gasteiger partial charge in [-0.3, -0.25) is 4.79 Å². The number of fused-ring (bicyclic) bond motifs is 1. The maximum absolute atomic E-state index is 13.7. The minimum Gasteiger partial charge on any atom is -0.494 e. The van der Waals surface area contributed by atoms with E-state index in [1.54, 1.807) is 17.0 Å². The Morgan fingerprint density at radius 2 is 2.05 bits per heavy atom. The number of carbonyl (C=O) groups excluding carboxylic acids is 1. The fraction of sp³-hybridized carbons (Fsp3) is 0.188. The van der Waals surface area contributed by atoms with E-state index in [4.69, 9.17) is 10.5 Å². The number of carbonyl (C=O) groups is 1. The van der Waals surface area contributed by atoms with Crippen LogP contribution in [0.4, 0.5) is 10.1 Å². The molecule has 0 spiro atoms. The van der Waals surface area contributed by atoms with Crippen molar-refractivity contribution >= 4 is 11.6 Å². The predicted octanol–water partition coefficient (Wildman–Crippen LogP) is 2.38. The zero-order chi connectivity index (χ0) is 15.0. The molecule has 0 bridgehead atoms. The van der Waals surface area contributed by atoms with Crippen LogP contribution < -0.4 is 15.4 Å². The van der Waals surface area contributed by atoms with Gasteiger partial charge in [0, 0.05) is 11.3 Å². The fourth-order valence-corrected chi connectivity index (χ4v) is 2.57. The molecule has 1 aliphatic rings. The van der Waals surface area contributed by atoms with E-state index in [1.807, 2.05) is 24.3 Å². The molecule has 0 radical (unpaired) electrons. The number of anilines is 1. The summed E-state index contributed by atoms with van der Waals surface area (Å²) >= 11 is 0. The Kier molecular flexibility index (Phi) is 3.35. The van der Waals surface area contributed by atoms with Gasteiger partial charge in [0.1, 0.15) is 6.04 Å². The molecule has 1 atom stereocenters. The normalized spacial score (nSPS) is 17.0. The average molecular weight is 286 g/mol. The van der Waals surface area contributed by atoms with Crippen molar-refractivity contribution in [2.45, 2.75) is 12.6 Å². The summed E-state index contributed by atoms with van der Waals surface area (Å²) in [6.07, 6.45) is 0. The Morgan fingerprint density at radius 3 is 2.76 bits per heavy atom. The van der Waals surface area contributed by atoms with E-state index in [9.17, 15) is 9.18 Å². The van der Waals surface area contributed by atoms with Gasteiger partial charge in [0.25, 0.3) is 0 Å². The molecule has 0 aliphatic carbocycles. The van der Waals surface area contributed by atoms with Gasteiger partial charge in [-0.25, -0.2) is 4.39 Å². The number of methoxy groups -OCH3 is 1. The molecule has 0 aromatic heterocycles. The van der Waals surface area contributed by atoms with Crippen LogP contribution in [0.1, 0.15) is 17.2 Å². The lowest BCUT2D eigenvalue weighted by Crippen LogP contribution is -2.31. The van der Waals surface area contributed by atoms with E-state index >= 15 is 0 Å². The Bertz CT molecular complexity index is 702. The molecule has 1 heterocycles. The molecule has 5 heteroatoms. The smallest absolute Gasteiger partial charge is 0.248 e. The van der Waals surface area contributed by atoms with Gasteiger partial charge >= 0.3 is 0 Å². The molecule has 108 valence electrons. The van der Waals surface area contributed by atoms with Crippen LogP contribution in [0.3, 0.4) is 0 Å². The quantitative estimate of drug-likeness (QED) is 0.942. The number of para-hydroxylation sites is 1. The van der Waals surface area contributed by atoms with E-state index in [0.29, 0.717) is 5.56 Å². The third-order valence-corrected chi connectivity index (χ3v) is 3.65. The molecule has 4 nitrogen and oxygen atoms in total. The molecular formula is C16H15FN2O2. The second kappa shape index (κ2) is 5.18. The molecular weight excluding hydrogens is 271 g/mol. The van der Waals surface area contributed by atoms with Crippen LogP contribution in [0.25, 0.3) is 0 Å². The lowest BCUT2D eigenvalue weighted by atomic mass is 10.1. The summed E-state index contributed by atoms with van der Waals surface area (Å²) in [4.78, 5) is 13.8. The summed E-state index contributed by atoms with van der Waals surface area (Å²) in [5.74, 6) is -0.435. The minimum atomic E-state index is -0.649. The maximum Gasteiger partial charge on any atom is 0.248 e. The van der Waals surface area contributed by atoms with Crippen molar-refractivity contribution in [1.82, 2.24) is 0 Å². The molecule has 0 fully saturated rings. The van der Waals surface area contributed by atoms with Crippen molar-refractivity contribution in [3.05, 3.63) is 59.4 Å². The van der Waals surface area contributed by atoms with Crippen molar-refractivity contribution in [1.29, 1.82) is 0 Å². The topological polar surface area (TPSA) is 55.6 Å². The van der Waals surface area contributed by atoms with Gasteiger partial charge < -0.3 is 15.4 Å². The highest BCUT2D eigenvalue weighted by atomic mass is 19.1. The van der Waals surface area contributed by atoms with Crippen LogP contribution >= 0.6 is 0 Å². The largest absolute Gasteiger partial charge is 0.494 e. The second-order valence-corrected chi connectivity index (χ2v) is 4.93. The van der Waals surface area contributed by atoms with E-state index < -0.39 is 11.9 Å². The van der Waals surface area contributed by atoms with Crippen molar-refractivity contribution < 1.29 is 13.9 Å². The summed E-state index contributed by atoms with van der Waals surface area (Å²) in [6, 6.07) is 11.4. The molecule has 2 aromatic carbocycles. The third kappa shape index (κ3) is 2.25. The monoisotopic (exact) mass is 286 g/mol. The number of ether oxygens (including phenoxy) is 1. The first-order chi connectivity index (χ1) is 10.1. The van der Waals surface area contributed by atoms with Crippen LogP contribution in [0.5, 0.6) is 5.75 Å². The number of amides is 1. The molecule has 1 amide bonds. The average Bonchev–Trinajstić information content (AvgIpc) is 2.73. The number of nitrogens with two attached hydrogens (primary N) is 1. The Hall–Kier alpha value is -2.40. The number of hydrogen-bond donors (Lipinski definition) is 1. The van der Waals surface area contributed by atoms with E-state index in [0.717, 1.165) is 11.3 Å². The first-order valence-electron chi connectivity index (χ1n) is 6.60. The third-order valence-electron chi connectivity index (χ3n) is 3.65. The van der Waals surface area contributed by atoms with Crippen LogP contribution in [0.15, 0.2) is 42.5 Å². The fourth-order valence-electron chi connectivity index (χ4n) is 2.57. The number of halogens is 1. The zero-order valence-corrected chi connectivity index (χ0v) is 11.5. The lowest BCUT2D eigenvalue weighted by Gasteiger charge is -2.18. The van der Waals surface area contributed by atoms with Gasteiger partial charge in [-0.1, -0.05) is 24.3 Å². The van der Waals surface area contributed by atoms with Gasteiger partial charge in [-0.15, -0.1) is 0 Å². The molecule has 2 N–H and O–H groups in total. The van der Waals surface area contributed by atoms with Gasteiger partial charge in [0.2, 0.25) is 5.91 Å². The van der Waals surface area contributed by atoms with E-state index in [2.05, 4.69) is 0 Å². The lowest BCUT2D eigenvalue weighted by molar-refractivity contribution is -0.119. The summed E-state index contributed by atoms with van der Waals surface area (Å²) < 4.78 is 18.6. The van der Waals surface area contributed by atoms with Crippen LogP contribution in [0.2, 0.25) is 0 Å². The Balaban J connectivity index is 1.92. The van der Waals surface area contributed by atoms with Crippen molar-refractivity contribution in [3.8, 4) is 5.75 Å². The Morgan fingerprint density at radius 1 is 1.29 bits per heavy atom. The predicted molar refractivity (Wildman–Crippen MR) is 77.5 cm³/mol. The molecule has 1 unspecified atom stereocenters. The minimum absolute atomic E-state index is 0.174. The van der Waals surface area contributed by atoms with Crippen molar-refractivity contribution in [2.75, 3.05) is 12.0 Å². The van der Waals surface area contributed by atoms with Crippen LogP contribution in [0, 0.1) is 5.82 Å². The highest BCUT2D eigenvalue weighted by molar-refractivity contribution is 6.04. The van der Waals surface area contributed by atoms with Gasteiger partial charge in [-0.2, -0.15) is 0 Å². The first kappa shape index (κ1) is 13.6. The van der Waals surface area contributed by atoms with Gasteiger partial charge in [-0.05, 0) is 23.8 Å². The summed E-state index contributed by atoms with van der Waals surface area (Å²) in [5.41, 5.74) is 8.20. The standard InChI is InChI=1S/C16H15FN2O2/c1-21-14-7-6-10(8-12(14)17)9-19-13-5-3-2-4-11(13)15(18)16(19)20/h2-8,15H,9,18H2,1H3. The van der Waals surface area contributed by atoms with Crippen LogP contribution in [-0.2, 0) is 11.3 Å². The molecule has 3 rings (SSSR count).